The lowest BCUT2D eigenvalue weighted by atomic mass is 9.95. The third-order valence-corrected chi connectivity index (χ3v) is 6.93. The standard InChI is InChI=1S/C25H31N3O4/c1-17-12-28(13-18(17)2)25(32)23-21-9-11-26(22(30)16-29)14-20(21)15-27(24(23)31)10-8-19-6-4-3-5-7-19/h3-7,15,17-18,29H,8-14,16H2,1-2H3/t17-,18+. The summed E-state index contributed by atoms with van der Waals surface area (Å²) in [5, 5.41) is 9.27. The van der Waals surface area contributed by atoms with Crippen molar-refractivity contribution in [3.8, 4) is 0 Å². The van der Waals surface area contributed by atoms with Crippen LogP contribution in [-0.2, 0) is 30.7 Å². The molecule has 1 aromatic carbocycles. The Balaban J connectivity index is 1.71. The summed E-state index contributed by atoms with van der Waals surface area (Å²) >= 11 is 0. The number of carbonyl (C=O) groups excluding carboxylic acids is 2. The molecule has 0 saturated carbocycles. The van der Waals surface area contributed by atoms with Gasteiger partial charge in [0, 0.05) is 38.9 Å². The highest BCUT2D eigenvalue weighted by Gasteiger charge is 2.34. The first-order valence-electron chi connectivity index (χ1n) is 11.4. The molecule has 0 bridgehead atoms. The second-order valence-corrected chi connectivity index (χ2v) is 9.13. The topological polar surface area (TPSA) is 82.9 Å². The molecule has 32 heavy (non-hydrogen) atoms. The molecule has 0 spiro atoms. The second kappa shape index (κ2) is 9.28. The number of hydrogen-bond acceptors (Lipinski definition) is 4. The zero-order valence-corrected chi connectivity index (χ0v) is 18.8. The number of likely N-dealkylation sites (tertiary alicyclic amines) is 1. The molecule has 0 aliphatic carbocycles. The van der Waals surface area contributed by atoms with Crippen LogP contribution in [-0.4, -0.2) is 57.5 Å². The molecule has 1 fully saturated rings. The minimum Gasteiger partial charge on any atom is -0.387 e. The minimum absolute atomic E-state index is 0.196. The van der Waals surface area contributed by atoms with Crippen molar-refractivity contribution in [3.05, 3.63) is 69.1 Å². The molecule has 4 rings (SSSR count). The fourth-order valence-electron chi connectivity index (χ4n) is 4.76. The molecule has 170 valence electrons. The Morgan fingerprint density at radius 1 is 1.06 bits per heavy atom. The molecule has 2 atom stereocenters. The normalized spacial score (nSPS) is 20.3. The summed E-state index contributed by atoms with van der Waals surface area (Å²) in [4.78, 5) is 42.5. The predicted molar refractivity (Wildman–Crippen MR) is 121 cm³/mol. The smallest absolute Gasteiger partial charge is 0.263 e. The van der Waals surface area contributed by atoms with E-state index in [4.69, 9.17) is 0 Å². The monoisotopic (exact) mass is 437 g/mol. The third kappa shape index (κ3) is 4.35. The molecule has 1 aromatic heterocycles. The van der Waals surface area contributed by atoms with E-state index >= 15 is 0 Å². The summed E-state index contributed by atoms with van der Waals surface area (Å²) in [5.41, 5.74) is 2.69. The molecule has 2 amide bonds. The van der Waals surface area contributed by atoms with Crippen molar-refractivity contribution in [2.75, 3.05) is 26.2 Å². The Bertz CT molecular complexity index is 1050. The van der Waals surface area contributed by atoms with Gasteiger partial charge in [0.25, 0.3) is 11.5 Å². The van der Waals surface area contributed by atoms with Crippen LogP contribution in [0.15, 0.2) is 41.3 Å². The lowest BCUT2D eigenvalue weighted by Crippen LogP contribution is -2.43. The molecule has 3 heterocycles. The van der Waals surface area contributed by atoms with Crippen molar-refractivity contribution in [3.63, 3.8) is 0 Å². The molecule has 7 nitrogen and oxygen atoms in total. The predicted octanol–water partition coefficient (Wildman–Crippen LogP) is 1.70. The van der Waals surface area contributed by atoms with Gasteiger partial charge < -0.3 is 19.5 Å². The van der Waals surface area contributed by atoms with E-state index in [1.807, 2.05) is 30.3 Å². The average molecular weight is 438 g/mol. The lowest BCUT2D eigenvalue weighted by Gasteiger charge is -2.31. The number of aliphatic hydroxyl groups excluding tert-OH is 1. The number of rotatable bonds is 5. The van der Waals surface area contributed by atoms with Gasteiger partial charge in [-0.2, -0.15) is 0 Å². The highest BCUT2D eigenvalue weighted by molar-refractivity contribution is 5.96. The number of amides is 2. The number of carbonyl (C=O) groups is 2. The van der Waals surface area contributed by atoms with Gasteiger partial charge >= 0.3 is 0 Å². The fourth-order valence-corrected chi connectivity index (χ4v) is 4.76. The number of aryl methyl sites for hydroxylation is 2. The highest BCUT2D eigenvalue weighted by atomic mass is 16.3. The number of aliphatic hydroxyl groups is 1. The Kier molecular flexibility index (Phi) is 6.46. The van der Waals surface area contributed by atoms with Gasteiger partial charge in [-0.15, -0.1) is 0 Å². The second-order valence-electron chi connectivity index (χ2n) is 9.13. The van der Waals surface area contributed by atoms with Crippen LogP contribution in [0.1, 0.15) is 40.9 Å². The molecule has 0 radical (unpaired) electrons. The zero-order chi connectivity index (χ0) is 22.8. The van der Waals surface area contributed by atoms with Gasteiger partial charge in [0.1, 0.15) is 12.2 Å². The molecule has 2 aliphatic rings. The van der Waals surface area contributed by atoms with E-state index in [-0.39, 0.29) is 22.9 Å². The van der Waals surface area contributed by atoms with Crippen molar-refractivity contribution in [2.45, 2.75) is 39.8 Å². The Labute approximate surface area is 188 Å². The maximum absolute atomic E-state index is 13.5. The van der Waals surface area contributed by atoms with Crippen molar-refractivity contribution in [1.29, 1.82) is 0 Å². The van der Waals surface area contributed by atoms with Crippen LogP contribution in [0.5, 0.6) is 0 Å². The van der Waals surface area contributed by atoms with Crippen molar-refractivity contribution >= 4 is 11.8 Å². The SMILES string of the molecule is C[C@@H]1CN(C(=O)c2c3c(cn(CCc4ccccc4)c2=O)CN(C(=O)CO)CC3)C[C@@H]1C. The Morgan fingerprint density at radius 3 is 2.41 bits per heavy atom. The van der Waals surface area contributed by atoms with E-state index in [9.17, 15) is 19.5 Å². The van der Waals surface area contributed by atoms with Crippen LogP contribution in [0.2, 0.25) is 0 Å². The van der Waals surface area contributed by atoms with Gasteiger partial charge in [-0.25, -0.2) is 0 Å². The molecular formula is C25H31N3O4. The van der Waals surface area contributed by atoms with Crippen LogP contribution >= 0.6 is 0 Å². The van der Waals surface area contributed by atoms with Crippen molar-refractivity contribution in [2.24, 2.45) is 11.8 Å². The first-order valence-corrected chi connectivity index (χ1v) is 11.4. The van der Waals surface area contributed by atoms with Gasteiger partial charge in [0.2, 0.25) is 5.91 Å². The maximum Gasteiger partial charge on any atom is 0.263 e. The lowest BCUT2D eigenvalue weighted by molar-refractivity contribution is -0.135. The molecule has 2 aliphatic heterocycles. The molecule has 1 saturated heterocycles. The summed E-state index contributed by atoms with van der Waals surface area (Å²) in [7, 11) is 0. The fraction of sp³-hybridized carbons (Fsp3) is 0.480. The third-order valence-electron chi connectivity index (χ3n) is 6.93. The number of benzene rings is 1. The molecule has 2 aromatic rings. The number of nitrogens with zero attached hydrogens (tertiary/aromatic N) is 3. The maximum atomic E-state index is 13.5. The average Bonchev–Trinajstić information content (AvgIpc) is 3.15. The van der Waals surface area contributed by atoms with Crippen LogP contribution in [0.25, 0.3) is 0 Å². The molecule has 7 heteroatoms. The van der Waals surface area contributed by atoms with Crippen LogP contribution in [0.4, 0.5) is 0 Å². The van der Waals surface area contributed by atoms with E-state index < -0.39 is 6.61 Å². The van der Waals surface area contributed by atoms with E-state index in [0.717, 1.165) is 16.7 Å². The molecular weight excluding hydrogens is 406 g/mol. The van der Waals surface area contributed by atoms with Gasteiger partial charge in [-0.1, -0.05) is 44.2 Å². The Morgan fingerprint density at radius 2 is 1.75 bits per heavy atom. The summed E-state index contributed by atoms with van der Waals surface area (Å²) in [6.45, 7) is 6.18. The molecule has 1 N–H and O–H groups in total. The van der Waals surface area contributed by atoms with Crippen molar-refractivity contribution < 1.29 is 14.7 Å². The first-order chi connectivity index (χ1) is 15.4. The number of hydrogen-bond donors (Lipinski definition) is 1. The van der Waals surface area contributed by atoms with Gasteiger partial charge in [-0.3, -0.25) is 14.4 Å². The van der Waals surface area contributed by atoms with Crippen molar-refractivity contribution in [1.82, 2.24) is 14.4 Å². The molecule has 0 unspecified atom stereocenters. The minimum atomic E-state index is -0.543. The van der Waals surface area contributed by atoms with E-state index in [0.29, 0.717) is 57.4 Å². The number of fused-ring (bicyclic) bond motifs is 1. The first kappa shape index (κ1) is 22.3. The Hall–Kier alpha value is -2.93. The van der Waals surface area contributed by atoms with Gasteiger partial charge in [0.15, 0.2) is 0 Å². The summed E-state index contributed by atoms with van der Waals surface area (Å²) in [6, 6.07) is 9.92. The van der Waals surface area contributed by atoms with Gasteiger partial charge in [0.05, 0.1) is 0 Å². The van der Waals surface area contributed by atoms with Crippen LogP contribution in [0.3, 0.4) is 0 Å². The van der Waals surface area contributed by atoms with Crippen LogP contribution < -0.4 is 5.56 Å². The number of aromatic nitrogens is 1. The highest BCUT2D eigenvalue weighted by Crippen LogP contribution is 2.26. The summed E-state index contributed by atoms with van der Waals surface area (Å²) in [5.74, 6) is 0.263. The van der Waals surface area contributed by atoms with E-state index in [1.54, 1.807) is 20.6 Å². The van der Waals surface area contributed by atoms with E-state index in [2.05, 4.69) is 13.8 Å². The largest absolute Gasteiger partial charge is 0.387 e. The summed E-state index contributed by atoms with van der Waals surface area (Å²) < 4.78 is 1.62. The quantitative estimate of drug-likeness (QED) is 0.772. The van der Waals surface area contributed by atoms with E-state index in [1.165, 1.54) is 0 Å². The summed E-state index contributed by atoms with van der Waals surface area (Å²) in [6.07, 6.45) is 2.91. The zero-order valence-electron chi connectivity index (χ0n) is 18.8. The number of pyridine rings is 1. The van der Waals surface area contributed by atoms with Gasteiger partial charge in [-0.05, 0) is 41.4 Å². The van der Waals surface area contributed by atoms with Crippen LogP contribution in [0, 0.1) is 11.8 Å².